The lowest BCUT2D eigenvalue weighted by molar-refractivity contribution is -0.393. The molecule has 0 heterocycles. The SMILES string of the molecule is CC(C)(C)c1cc([N+](=O)[O-])cc([N+](=O)[O-])c1Nc1c(Cl)cc(Cl)cc1Cl. The first-order valence-electron chi connectivity index (χ1n) is 7.30. The van der Waals surface area contributed by atoms with Crippen LogP contribution < -0.4 is 5.32 Å². The van der Waals surface area contributed by atoms with Crippen LogP contribution in [0, 0.1) is 20.2 Å². The first-order valence-corrected chi connectivity index (χ1v) is 8.44. The molecule has 2 rings (SSSR count). The molecule has 0 aliphatic heterocycles. The van der Waals surface area contributed by atoms with Crippen molar-refractivity contribution in [1.29, 1.82) is 0 Å². The molecule has 2 aromatic rings. The summed E-state index contributed by atoms with van der Waals surface area (Å²) in [6, 6.07) is 5.07. The summed E-state index contributed by atoms with van der Waals surface area (Å²) in [7, 11) is 0. The zero-order valence-corrected chi connectivity index (χ0v) is 16.2. The molecule has 0 aliphatic carbocycles. The molecule has 0 unspecified atom stereocenters. The predicted molar refractivity (Wildman–Crippen MR) is 103 cm³/mol. The summed E-state index contributed by atoms with van der Waals surface area (Å²) < 4.78 is 0. The van der Waals surface area contributed by atoms with Gasteiger partial charge in [-0.2, -0.15) is 0 Å². The highest BCUT2D eigenvalue weighted by Gasteiger charge is 2.30. The second-order valence-corrected chi connectivity index (χ2v) is 7.77. The average Bonchev–Trinajstić information content (AvgIpc) is 2.48. The van der Waals surface area contributed by atoms with Gasteiger partial charge in [0.05, 0.1) is 31.6 Å². The lowest BCUT2D eigenvalue weighted by atomic mass is 9.84. The highest BCUT2D eigenvalue weighted by Crippen LogP contribution is 2.44. The molecule has 0 saturated carbocycles. The number of nitro benzene ring substituents is 2. The summed E-state index contributed by atoms with van der Waals surface area (Å²) in [5.74, 6) is 0. The molecular weight excluding hydrogens is 405 g/mol. The molecular formula is C16H14Cl3N3O4. The summed E-state index contributed by atoms with van der Waals surface area (Å²) in [4.78, 5) is 21.4. The fraction of sp³-hybridized carbons (Fsp3) is 0.250. The van der Waals surface area contributed by atoms with E-state index in [2.05, 4.69) is 5.32 Å². The fourth-order valence-electron chi connectivity index (χ4n) is 2.37. The number of non-ortho nitro benzene ring substituents is 1. The third-order valence-corrected chi connectivity index (χ3v) is 4.39. The Kier molecular flexibility index (Phi) is 5.65. The van der Waals surface area contributed by atoms with Gasteiger partial charge in [-0.15, -0.1) is 0 Å². The van der Waals surface area contributed by atoms with Crippen LogP contribution in [0.3, 0.4) is 0 Å². The summed E-state index contributed by atoms with van der Waals surface area (Å²) in [6.45, 7) is 5.35. The normalized spacial score (nSPS) is 11.3. The minimum atomic E-state index is -0.692. The van der Waals surface area contributed by atoms with E-state index in [1.54, 1.807) is 20.8 Å². The highest BCUT2D eigenvalue weighted by atomic mass is 35.5. The van der Waals surface area contributed by atoms with E-state index in [1.807, 2.05) is 0 Å². The molecule has 0 atom stereocenters. The Morgan fingerprint density at radius 3 is 1.85 bits per heavy atom. The van der Waals surface area contributed by atoms with Crippen molar-refractivity contribution in [2.75, 3.05) is 5.32 Å². The molecule has 0 aromatic heterocycles. The number of nitrogens with zero attached hydrogens (tertiary/aromatic N) is 2. The first-order chi connectivity index (χ1) is 11.9. The molecule has 138 valence electrons. The van der Waals surface area contributed by atoms with E-state index in [0.717, 1.165) is 6.07 Å². The number of nitrogens with one attached hydrogen (secondary N) is 1. The van der Waals surface area contributed by atoms with Gasteiger partial charge in [0, 0.05) is 11.1 Å². The largest absolute Gasteiger partial charge is 0.347 e. The molecule has 7 nitrogen and oxygen atoms in total. The number of anilines is 2. The molecule has 26 heavy (non-hydrogen) atoms. The van der Waals surface area contributed by atoms with Gasteiger partial charge < -0.3 is 5.32 Å². The van der Waals surface area contributed by atoms with Crippen LogP contribution in [-0.4, -0.2) is 9.85 Å². The van der Waals surface area contributed by atoms with Gasteiger partial charge in [0.2, 0.25) is 0 Å². The van der Waals surface area contributed by atoms with Crippen LogP contribution in [0.2, 0.25) is 15.1 Å². The van der Waals surface area contributed by atoms with Crippen molar-refractivity contribution < 1.29 is 9.85 Å². The van der Waals surface area contributed by atoms with E-state index in [9.17, 15) is 20.2 Å². The standard InChI is InChI=1S/C16H14Cl3N3O4/c1-16(2,3)10-6-9(21(23)24)7-13(22(25)26)14(10)20-15-11(18)4-8(17)5-12(15)19/h4-7,20H,1-3H3. The summed E-state index contributed by atoms with van der Waals surface area (Å²) >= 11 is 18.2. The van der Waals surface area contributed by atoms with Crippen LogP contribution in [0.5, 0.6) is 0 Å². The van der Waals surface area contributed by atoms with E-state index in [4.69, 9.17) is 34.8 Å². The Labute approximate surface area is 164 Å². The van der Waals surface area contributed by atoms with Crippen LogP contribution in [0.25, 0.3) is 0 Å². The van der Waals surface area contributed by atoms with Gasteiger partial charge in [0.15, 0.2) is 0 Å². The maximum absolute atomic E-state index is 11.5. The van der Waals surface area contributed by atoms with Gasteiger partial charge in [0.1, 0.15) is 5.69 Å². The number of benzene rings is 2. The Morgan fingerprint density at radius 2 is 1.42 bits per heavy atom. The molecule has 1 N–H and O–H groups in total. The number of rotatable bonds is 4. The van der Waals surface area contributed by atoms with Crippen molar-refractivity contribution in [3.63, 3.8) is 0 Å². The van der Waals surface area contributed by atoms with Crippen LogP contribution in [0.15, 0.2) is 24.3 Å². The molecule has 0 radical (unpaired) electrons. The van der Waals surface area contributed by atoms with Gasteiger partial charge in [-0.05, 0) is 23.1 Å². The third-order valence-electron chi connectivity index (χ3n) is 3.57. The van der Waals surface area contributed by atoms with Gasteiger partial charge in [-0.1, -0.05) is 55.6 Å². The maximum Gasteiger partial charge on any atom is 0.299 e. The van der Waals surface area contributed by atoms with Crippen molar-refractivity contribution in [3.05, 3.63) is 65.1 Å². The zero-order chi connectivity index (χ0) is 19.8. The van der Waals surface area contributed by atoms with Crippen molar-refractivity contribution in [2.24, 2.45) is 0 Å². The minimum Gasteiger partial charge on any atom is -0.347 e. The molecule has 2 aromatic carbocycles. The molecule has 0 amide bonds. The number of nitro groups is 2. The van der Waals surface area contributed by atoms with E-state index >= 15 is 0 Å². The number of hydrogen-bond acceptors (Lipinski definition) is 5. The first kappa shape index (κ1) is 20.2. The zero-order valence-electron chi connectivity index (χ0n) is 14.0. The van der Waals surface area contributed by atoms with Gasteiger partial charge in [-0.3, -0.25) is 20.2 Å². The fourth-order valence-corrected chi connectivity index (χ4v) is 3.28. The molecule has 0 aliphatic rings. The number of hydrogen-bond donors (Lipinski definition) is 1. The van der Waals surface area contributed by atoms with Crippen molar-refractivity contribution in [2.45, 2.75) is 26.2 Å². The summed E-state index contributed by atoms with van der Waals surface area (Å²) in [5, 5.41) is 26.2. The van der Waals surface area contributed by atoms with Crippen molar-refractivity contribution in [1.82, 2.24) is 0 Å². The maximum atomic E-state index is 11.5. The molecule has 0 spiro atoms. The van der Waals surface area contributed by atoms with Gasteiger partial charge in [0.25, 0.3) is 11.4 Å². The van der Waals surface area contributed by atoms with Crippen LogP contribution in [0.4, 0.5) is 22.7 Å². The second-order valence-electron chi connectivity index (χ2n) is 6.52. The minimum absolute atomic E-state index is 0.0826. The quantitative estimate of drug-likeness (QED) is 0.451. The Balaban J connectivity index is 2.78. The predicted octanol–water partition coefficient (Wildman–Crippen LogP) is 6.50. The monoisotopic (exact) mass is 417 g/mol. The summed E-state index contributed by atoms with van der Waals surface area (Å²) in [6.07, 6.45) is 0. The van der Waals surface area contributed by atoms with E-state index in [1.165, 1.54) is 18.2 Å². The Morgan fingerprint density at radius 1 is 0.885 bits per heavy atom. The van der Waals surface area contributed by atoms with Crippen LogP contribution >= 0.6 is 34.8 Å². The number of halogens is 3. The second kappa shape index (κ2) is 7.26. The lowest BCUT2D eigenvalue weighted by Crippen LogP contribution is -2.16. The third kappa shape index (κ3) is 4.17. The smallest absolute Gasteiger partial charge is 0.299 e. The van der Waals surface area contributed by atoms with Crippen molar-refractivity contribution in [3.8, 4) is 0 Å². The van der Waals surface area contributed by atoms with Crippen LogP contribution in [0.1, 0.15) is 26.3 Å². The van der Waals surface area contributed by atoms with E-state index in [0.29, 0.717) is 10.6 Å². The topological polar surface area (TPSA) is 98.3 Å². The molecule has 0 saturated heterocycles. The Bertz CT molecular complexity index is 887. The highest BCUT2D eigenvalue weighted by molar-refractivity contribution is 6.41. The van der Waals surface area contributed by atoms with Crippen LogP contribution in [-0.2, 0) is 5.41 Å². The van der Waals surface area contributed by atoms with Gasteiger partial charge in [-0.25, -0.2) is 0 Å². The van der Waals surface area contributed by atoms with Crippen molar-refractivity contribution >= 4 is 57.6 Å². The summed E-state index contributed by atoms with van der Waals surface area (Å²) in [5.41, 5.74) is -0.781. The molecule has 0 fully saturated rings. The lowest BCUT2D eigenvalue weighted by Gasteiger charge is -2.23. The van der Waals surface area contributed by atoms with E-state index < -0.39 is 20.9 Å². The Hall–Kier alpha value is -2.09. The molecule has 0 bridgehead atoms. The van der Waals surface area contributed by atoms with Gasteiger partial charge >= 0.3 is 0 Å². The van der Waals surface area contributed by atoms with E-state index in [-0.39, 0.29) is 27.1 Å². The average molecular weight is 419 g/mol. The molecule has 10 heteroatoms.